The predicted octanol–water partition coefficient (Wildman–Crippen LogP) is 1.40. The van der Waals surface area contributed by atoms with Gasteiger partial charge in [-0.2, -0.15) is 0 Å². The van der Waals surface area contributed by atoms with Crippen LogP contribution in [0.3, 0.4) is 0 Å². The lowest BCUT2D eigenvalue weighted by Gasteiger charge is -2.25. The molecule has 0 bridgehead atoms. The first kappa shape index (κ1) is 17.5. The fourth-order valence-electron chi connectivity index (χ4n) is 3.31. The summed E-state index contributed by atoms with van der Waals surface area (Å²) in [5.74, 6) is -0.137. The molecule has 2 unspecified atom stereocenters. The van der Waals surface area contributed by atoms with Gasteiger partial charge in [0.1, 0.15) is 6.10 Å². The van der Waals surface area contributed by atoms with E-state index in [0.717, 1.165) is 23.4 Å². The monoisotopic (exact) mass is 362 g/mol. The normalized spacial score (nSPS) is 21.8. The number of carbonyl (C=O) groups excluding carboxylic acids is 2. The van der Waals surface area contributed by atoms with Gasteiger partial charge in [0.15, 0.2) is 5.11 Å². The van der Waals surface area contributed by atoms with Crippen LogP contribution >= 0.6 is 12.2 Å². The maximum absolute atomic E-state index is 12.2. The highest BCUT2D eigenvalue weighted by molar-refractivity contribution is 7.80. The predicted molar refractivity (Wildman–Crippen MR) is 100 cm³/mol. The second-order valence-corrected chi connectivity index (χ2v) is 6.73. The zero-order valence-electron chi connectivity index (χ0n) is 14.5. The van der Waals surface area contributed by atoms with Gasteiger partial charge in [-0.1, -0.05) is 0 Å². The Bertz CT molecular complexity index is 724. The summed E-state index contributed by atoms with van der Waals surface area (Å²) in [5.41, 5.74) is 3.03. The number of hydrogen-bond acceptors (Lipinski definition) is 4. The van der Waals surface area contributed by atoms with Crippen molar-refractivity contribution in [1.29, 1.82) is 0 Å². The molecule has 0 aromatic heterocycles. The average molecular weight is 362 g/mol. The van der Waals surface area contributed by atoms with E-state index in [-0.39, 0.29) is 24.1 Å². The molecule has 1 fully saturated rings. The highest BCUT2D eigenvalue weighted by Crippen LogP contribution is 2.36. The Balaban J connectivity index is 1.77. The van der Waals surface area contributed by atoms with Crippen molar-refractivity contribution in [3.63, 3.8) is 0 Å². The van der Waals surface area contributed by atoms with Crippen LogP contribution in [-0.2, 0) is 16.0 Å². The van der Waals surface area contributed by atoms with Crippen molar-refractivity contribution in [3.05, 3.63) is 23.8 Å². The summed E-state index contributed by atoms with van der Waals surface area (Å²) in [7, 11) is 1.82. The summed E-state index contributed by atoms with van der Waals surface area (Å²) < 4.78 is 5.33. The molecule has 2 heterocycles. The van der Waals surface area contributed by atoms with Crippen LogP contribution in [0.2, 0.25) is 0 Å². The summed E-state index contributed by atoms with van der Waals surface area (Å²) >= 11 is 5.39. The molecule has 1 aromatic rings. The van der Waals surface area contributed by atoms with Crippen molar-refractivity contribution in [1.82, 2.24) is 10.6 Å². The molecule has 7 nitrogen and oxygen atoms in total. The van der Waals surface area contributed by atoms with E-state index < -0.39 is 0 Å². The summed E-state index contributed by atoms with van der Waals surface area (Å²) in [6.45, 7) is 4.31. The number of fused-ring (bicyclic) bond motifs is 1. The SMILES string of the molecule is CNC(=S)N1c2ccc(N3CC(CNC(C)=O)OC3=O)cc2CC1C. The topological polar surface area (TPSA) is 73.9 Å². The first-order valence-corrected chi connectivity index (χ1v) is 8.68. The minimum atomic E-state index is -0.385. The molecule has 1 aromatic carbocycles. The molecule has 0 spiro atoms. The van der Waals surface area contributed by atoms with Crippen LogP contribution in [0.5, 0.6) is 0 Å². The van der Waals surface area contributed by atoms with Crippen LogP contribution in [-0.4, -0.2) is 49.4 Å². The lowest BCUT2D eigenvalue weighted by Crippen LogP contribution is -2.41. The van der Waals surface area contributed by atoms with Crippen molar-refractivity contribution >= 4 is 40.7 Å². The summed E-state index contributed by atoms with van der Waals surface area (Å²) in [5, 5.41) is 6.39. The van der Waals surface area contributed by atoms with Crippen molar-refractivity contribution < 1.29 is 14.3 Å². The van der Waals surface area contributed by atoms with Crippen LogP contribution in [0, 0.1) is 0 Å². The largest absolute Gasteiger partial charge is 0.442 e. The maximum Gasteiger partial charge on any atom is 0.414 e. The molecule has 134 valence electrons. The van der Waals surface area contributed by atoms with Crippen molar-refractivity contribution in [2.45, 2.75) is 32.4 Å². The highest BCUT2D eigenvalue weighted by atomic mass is 32.1. The number of amides is 2. The van der Waals surface area contributed by atoms with Crippen LogP contribution in [0.4, 0.5) is 16.2 Å². The van der Waals surface area contributed by atoms with E-state index in [2.05, 4.69) is 22.5 Å². The number of anilines is 2. The molecule has 2 atom stereocenters. The van der Waals surface area contributed by atoms with Gasteiger partial charge in [-0.3, -0.25) is 9.69 Å². The Morgan fingerprint density at radius 3 is 2.88 bits per heavy atom. The van der Waals surface area contributed by atoms with Crippen LogP contribution < -0.4 is 20.4 Å². The molecule has 1 saturated heterocycles. The lowest BCUT2D eigenvalue weighted by molar-refractivity contribution is -0.119. The fraction of sp³-hybridized carbons (Fsp3) is 0.471. The molecule has 2 aliphatic heterocycles. The number of benzene rings is 1. The Morgan fingerprint density at radius 2 is 2.20 bits per heavy atom. The maximum atomic E-state index is 12.2. The molecular formula is C17H22N4O3S. The molecule has 25 heavy (non-hydrogen) atoms. The lowest BCUT2D eigenvalue weighted by atomic mass is 10.1. The quantitative estimate of drug-likeness (QED) is 0.792. The highest BCUT2D eigenvalue weighted by Gasteiger charge is 2.34. The minimum Gasteiger partial charge on any atom is -0.442 e. The molecule has 0 radical (unpaired) electrons. The van der Waals surface area contributed by atoms with Gasteiger partial charge in [0.05, 0.1) is 13.1 Å². The standard InChI is InChI=1S/C17H22N4O3S/c1-10-6-12-7-13(4-5-15(12)21(10)16(25)18-3)20-9-14(24-17(20)23)8-19-11(2)22/h4-5,7,10,14H,6,8-9H2,1-3H3,(H,18,25)(H,19,22). The Kier molecular flexibility index (Phi) is 4.80. The third-order valence-electron chi connectivity index (χ3n) is 4.48. The Hall–Kier alpha value is -2.35. The molecule has 0 saturated carbocycles. The second kappa shape index (κ2) is 6.87. The van der Waals surface area contributed by atoms with Crippen molar-refractivity contribution in [2.24, 2.45) is 0 Å². The molecule has 2 aliphatic rings. The van der Waals surface area contributed by atoms with Crippen LogP contribution in [0.25, 0.3) is 0 Å². The third-order valence-corrected chi connectivity index (χ3v) is 4.88. The van der Waals surface area contributed by atoms with Gasteiger partial charge in [-0.25, -0.2) is 4.79 Å². The first-order valence-electron chi connectivity index (χ1n) is 8.27. The number of thiocarbonyl (C=S) groups is 1. The average Bonchev–Trinajstić information content (AvgIpc) is 3.10. The fourth-order valence-corrected chi connectivity index (χ4v) is 3.59. The smallest absolute Gasteiger partial charge is 0.414 e. The Labute approximate surface area is 152 Å². The van der Waals surface area contributed by atoms with Gasteiger partial charge in [-0.05, 0) is 49.3 Å². The number of cyclic esters (lactones) is 1. The van der Waals surface area contributed by atoms with Gasteiger partial charge in [0, 0.05) is 31.4 Å². The first-order chi connectivity index (χ1) is 11.9. The van der Waals surface area contributed by atoms with Gasteiger partial charge < -0.3 is 20.3 Å². The van der Waals surface area contributed by atoms with Crippen molar-refractivity contribution in [3.8, 4) is 0 Å². The second-order valence-electron chi connectivity index (χ2n) is 6.34. The molecule has 8 heteroatoms. The van der Waals surface area contributed by atoms with Crippen LogP contribution in [0.1, 0.15) is 19.4 Å². The van der Waals surface area contributed by atoms with E-state index >= 15 is 0 Å². The zero-order chi connectivity index (χ0) is 18.1. The summed E-state index contributed by atoms with van der Waals surface area (Å²) in [6.07, 6.45) is 0.143. The number of ether oxygens (including phenoxy) is 1. The van der Waals surface area contributed by atoms with E-state index in [9.17, 15) is 9.59 Å². The molecule has 0 aliphatic carbocycles. The van der Waals surface area contributed by atoms with E-state index in [0.29, 0.717) is 18.2 Å². The minimum absolute atomic E-state index is 0.137. The van der Waals surface area contributed by atoms with Gasteiger partial charge in [0.25, 0.3) is 0 Å². The molecule has 2 amide bonds. The summed E-state index contributed by atoms with van der Waals surface area (Å²) in [4.78, 5) is 26.9. The molecule has 2 N–H and O–H groups in total. The number of nitrogens with one attached hydrogen (secondary N) is 2. The number of carbonyl (C=O) groups is 2. The number of rotatable bonds is 3. The zero-order valence-corrected chi connectivity index (χ0v) is 15.4. The Morgan fingerprint density at radius 1 is 1.44 bits per heavy atom. The van der Waals surface area contributed by atoms with Crippen LogP contribution in [0.15, 0.2) is 18.2 Å². The molecule has 3 rings (SSSR count). The van der Waals surface area contributed by atoms with Gasteiger partial charge in [-0.15, -0.1) is 0 Å². The number of hydrogen-bond donors (Lipinski definition) is 2. The van der Waals surface area contributed by atoms with E-state index in [1.807, 2.05) is 25.2 Å². The molecular weight excluding hydrogens is 340 g/mol. The van der Waals surface area contributed by atoms with Gasteiger partial charge >= 0.3 is 6.09 Å². The van der Waals surface area contributed by atoms with E-state index in [1.54, 1.807) is 4.90 Å². The van der Waals surface area contributed by atoms with Crippen molar-refractivity contribution in [2.75, 3.05) is 29.9 Å². The van der Waals surface area contributed by atoms with E-state index in [1.165, 1.54) is 6.92 Å². The number of nitrogens with zero attached hydrogens (tertiary/aromatic N) is 2. The van der Waals surface area contributed by atoms with Gasteiger partial charge in [0.2, 0.25) is 5.91 Å². The third kappa shape index (κ3) is 3.39. The summed E-state index contributed by atoms with van der Waals surface area (Å²) in [6, 6.07) is 6.19. The van der Waals surface area contributed by atoms with E-state index in [4.69, 9.17) is 17.0 Å².